The molecule has 1 aromatic heterocycles. The zero-order chi connectivity index (χ0) is 12.4. The minimum atomic E-state index is 0. The highest BCUT2D eigenvalue weighted by Crippen LogP contribution is 2.10. The Labute approximate surface area is 119 Å². The molecule has 0 amide bonds. The summed E-state index contributed by atoms with van der Waals surface area (Å²) in [6.07, 6.45) is 4.19. The SMILES string of the molecule is Cc1n(-c2ccccc2)cc[n+]1-c1ccccc1.[Cl-]. The van der Waals surface area contributed by atoms with E-state index in [2.05, 4.69) is 77.0 Å². The third-order valence-corrected chi connectivity index (χ3v) is 3.13. The fourth-order valence-corrected chi connectivity index (χ4v) is 2.19. The molecule has 0 N–H and O–H groups in total. The van der Waals surface area contributed by atoms with Crippen molar-refractivity contribution in [3.8, 4) is 11.4 Å². The van der Waals surface area contributed by atoms with Crippen LogP contribution in [0.3, 0.4) is 0 Å². The molecule has 2 nitrogen and oxygen atoms in total. The first-order chi connectivity index (χ1) is 8.86. The first-order valence-corrected chi connectivity index (χ1v) is 6.07. The predicted octanol–water partition coefficient (Wildman–Crippen LogP) is 0.0664. The first-order valence-electron chi connectivity index (χ1n) is 6.07. The van der Waals surface area contributed by atoms with Crippen molar-refractivity contribution in [2.45, 2.75) is 6.92 Å². The van der Waals surface area contributed by atoms with Crippen LogP contribution in [0.25, 0.3) is 11.4 Å². The maximum atomic E-state index is 2.19. The number of hydrogen-bond acceptors (Lipinski definition) is 0. The Balaban J connectivity index is 0.00000133. The van der Waals surface area contributed by atoms with E-state index in [1.165, 1.54) is 17.2 Å². The van der Waals surface area contributed by atoms with Gasteiger partial charge in [-0.3, -0.25) is 0 Å². The number of aromatic nitrogens is 2. The molecule has 3 heteroatoms. The van der Waals surface area contributed by atoms with E-state index in [1.807, 2.05) is 12.1 Å². The second-order valence-corrected chi connectivity index (χ2v) is 4.26. The number of para-hydroxylation sites is 2. The number of halogens is 1. The third-order valence-electron chi connectivity index (χ3n) is 3.13. The molecule has 0 bridgehead atoms. The van der Waals surface area contributed by atoms with E-state index in [0.29, 0.717) is 0 Å². The molecule has 0 fully saturated rings. The molecule has 0 aliphatic rings. The van der Waals surface area contributed by atoms with Crippen LogP contribution in [0.5, 0.6) is 0 Å². The summed E-state index contributed by atoms with van der Waals surface area (Å²) in [5, 5.41) is 0. The Morgan fingerprint density at radius 1 is 0.842 bits per heavy atom. The van der Waals surface area contributed by atoms with Gasteiger partial charge >= 0.3 is 0 Å². The van der Waals surface area contributed by atoms with Gasteiger partial charge in [0.15, 0.2) is 0 Å². The molecule has 2 aromatic carbocycles. The van der Waals surface area contributed by atoms with Gasteiger partial charge in [-0.25, -0.2) is 0 Å². The molecule has 0 atom stereocenters. The molecule has 1 heterocycles. The van der Waals surface area contributed by atoms with Crippen molar-refractivity contribution in [1.29, 1.82) is 0 Å². The molecular formula is C16H15ClN2. The van der Waals surface area contributed by atoms with Crippen molar-refractivity contribution < 1.29 is 17.0 Å². The van der Waals surface area contributed by atoms with Gasteiger partial charge in [0, 0.05) is 6.92 Å². The lowest BCUT2D eigenvalue weighted by molar-refractivity contribution is -0.601. The summed E-state index contributed by atoms with van der Waals surface area (Å²) in [7, 11) is 0. The van der Waals surface area contributed by atoms with Crippen LogP contribution in [0.1, 0.15) is 5.82 Å². The van der Waals surface area contributed by atoms with Crippen LogP contribution in [0.15, 0.2) is 73.1 Å². The average Bonchev–Trinajstić information content (AvgIpc) is 2.83. The number of benzene rings is 2. The van der Waals surface area contributed by atoms with E-state index >= 15 is 0 Å². The van der Waals surface area contributed by atoms with Gasteiger partial charge < -0.3 is 12.4 Å². The Hall–Kier alpha value is -2.06. The van der Waals surface area contributed by atoms with Gasteiger partial charge in [0.25, 0.3) is 5.82 Å². The minimum absolute atomic E-state index is 0. The lowest BCUT2D eigenvalue weighted by atomic mass is 10.3. The van der Waals surface area contributed by atoms with Crippen molar-refractivity contribution in [3.63, 3.8) is 0 Å². The van der Waals surface area contributed by atoms with Crippen LogP contribution in [0.4, 0.5) is 0 Å². The quantitative estimate of drug-likeness (QED) is 0.583. The monoisotopic (exact) mass is 270 g/mol. The number of rotatable bonds is 2. The van der Waals surface area contributed by atoms with Crippen LogP contribution >= 0.6 is 0 Å². The number of imidazole rings is 1. The molecule has 0 aliphatic heterocycles. The van der Waals surface area contributed by atoms with E-state index in [1.54, 1.807) is 0 Å². The summed E-state index contributed by atoms with van der Waals surface area (Å²) < 4.78 is 4.38. The second-order valence-electron chi connectivity index (χ2n) is 4.26. The van der Waals surface area contributed by atoms with Gasteiger partial charge in [-0.2, -0.15) is 9.13 Å². The Kier molecular flexibility index (Phi) is 4.03. The standard InChI is InChI=1S/C16H15N2.ClH/c1-14-17(15-8-4-2-5-9-15)12-13-18(14)16-10-6-3-7-11-16;/h2-13H,1H3;1H/q+1;/p-1. The van der Waals surface area contributed by atoms with Crippen molar-refractivity contribution in [2.75, 3.05) is 0 Å². The molecule has 0 saturated carbocycles. The van der Waals surface area contributed by atoms with Crippen LogP contribution in [-0.2, 0) is 0 Å². The van der Waals surface area contributed by atoms with Crippen LogP contribution < -0.4 is 17.0 Å². The lowest BCUT2D eigenvalue weighted by Gasteiger charge is -2.00. The van der Waals surface area contributed by atoms with Crippen LogP contribution in [0, 0.1) is 6.92 Å². The van der Waals surface area contributed by atoms with Crippen molar-refractivity contribution in [3.05, 3.63) is 78.9 Å². The maximum Gasteiger partial charge on any atom is 0.263 e. The van der Waals surface area contributed by atoms with Crippen LogP contribution in [0.2, 0.25) is 0 Å². The van der Waals surface area contributed by atoms with E-state index in [9.17, 15) is 0 Å². The number of nitrogens with zero attached hydrogens (tertiary/aromatic N) is 2. The summed E-state index contributed by atoms with van der Waals surface area (Å²) in [6.45, 7) is 2.12. The Bertz CT molecular complexity index is 588. The minimum Gasteiger partial charge on any atom is -1.00 e. The number of hydrogen-bond donors (Lipinski definition) is 0. The molecule has 0 spiro atoms. The Morgan fingerprint density at radius 3 is 2.05 bits per heavy atom. The maximum absolute atomic E-state index is 2.19. The molecule has 3 rings (SSSR count). The molecule has 96 valence electrons. The molecule has 0 radical (unpaired) electrons. The fourth-order valence-electron chi connectivity index (χ4n) is 2.19. The van der Waals surface area contributed by atoms with Gasteiger partial charge in [-0.15, -0.1) is 0 Å². The predicted molar refractivity (Wildman–Crippen MR) is 72.0 cm³/mol. The zero-order valence-electron chi connectivity index (χ0n) is 10.7. The molecule has 19 heavy (non-hydrogen) atoms. The molecule has 0 unspecified atom stereocenters. The highest BCUT2D eigenvalue weighted by Gasteiger charge is 2.14. The van der Waals surface area contributed by atoms with Gasteiger partial charge in [0.05, 0.1) is 0 Å². The molecular weight excluding hydrogens is 256 g/mol. The van der Waals surface area contributed by atoms with Crippen LogP contribution in [-0.4, -0.2) is 4.57 Å². The average molecular weight is 271 g/mol. The third kappa shape index (κ3) is 2.54. The summed E-state index contributed by atoms with van der Waals surface area (Å²) in [4.78, 5) is 0. The largest absolute Gasteiger partial charge is 1.00 e. The van der Waals surface area contributed by atoms with E-state index < -0.39 is 0 Å². The van der Waals surface area contributed by atoms with Gasteiger partial charge in [0.1, 0.15) is 23.8 Å². The Morgan fingerprint density at radius 2 is 1.42 bits per heavy atom. The highest BCUT2D eigenvalue weighted by molar-refractivity contribution is 5.32. The van der Waals surface area contributed by atoms with Crippen molar-refractivity contribution in [2.24, 2.45) is 0 Å². The zero-order valence-corrected chi connectivity index (χ0v) is 11.5. The molecule has 3 aromatic rings. The fraction of sp³-hybridized carbons (Fsp3) is 0.0625. The molecule has 0 aliphatic carbocycles. The normalized spacial score (nSPS) is 9.95. The van der Waals surface area contributed by atoms with Gasteiger partial charge in [-0.05, 0) is 24.3 Å². The topological polar surface area (TPSA) is 8.81 Å². The summed E-state index contributed by atoms with van der Waals surface area (Å²) in [6, 6.07) is 20.8. The highest BCUT2D eigenvalue weighted by atomic mass is 35.5. The van der Waals surface area contributed by atoms with Gasteiger partial charge in [-0.1, -0.05) is 36.4 Å². The summed E-state index contributed by atoms with van der Waals surface area (Å²) >= 11 is 0. The van der Waals surface area contributed by atoms with Gasteiger partial charge in [0.2, 0.25) is 0 Å². The summed E-state index contributed by atoms with van der Waals surface area (Å²) in [5.74, 6) is 1.19. The van der Waals surface area contributed by atoms with E-state index in [-0.39, 0.29) is 12.4 Å². The van der Waals surface area contributed by atoms with Crippen molar-refractivity contribution in [1.82, 2.24) is 4.57 Å². The smallest absolute Gasteiger partial charge is 0.263 e. The first kappa shape index (κ1) is 13.4. The summed E-state index contributed by atoms with van der Waals surface area (Å²) in [5.41, 5.74) is 2.37. The van der Waals surface area contributed by atoms with E-state index in [4.69, 9.17) is 0 Å². The second kappa shape index (κ2) is 5.72. The van der Waals surface area contributed by atoms with E-state index in [0.717, 1.165) is 0 Å². The lowest BCUT2D eigenvalue weighted by Crippen LogP contribution is -3.00. The van der Waals surface area contributed by atoms with Crippen molar-refractivity contribution >= 4 is 0 Å². The molecule has 0 saturated heterocycles.